The number of hydrogen-bond donors (Lipinski definition) is 1. The lowest BCUT2D eigenvalue weighted by molar-refractivity contribution is -0.143. The Morgan fingerprint density at radius 1 is 1.19 bits per heavy atom. The molecule has 0 spiro atoms. The van der Waals surface area contributed by atoms with Crippen molar-refractivity contribution in [1.29, 1.82) is 0 Å². The van der Waals surface area contributed by atoms with Gasteiger partial charge in [-0.3, -0.25) is 0 Å². The van der Waals surface area contributed by atoms with E-state index >= 15 is 0 Å². The Labute approximate surface area is 126 Å². The number of benzene rings is 1. The van der Waals surface area contributed by atoms with Crippen molar-refractivity contribution in [2.24, 2.45) is 0 Å². The van der Waals surface area contributed by atoms with Gasteiger partial charge in [0, 0.05) is 4.88 Å². The summed E-state index contributed by atoms with van der Waals surface area (Å²) in [5.41, 5.74) is 0.874. The molecule has 0 radical (unpaired) electrons. The fraction of sp³-hybridized carbons (Fsp3) is 0.200. The Kier molecular flexibility index (Phi) is 5.34. The zero-order valence-electron chi connectivity index (χ0n) is 11.4. The molecular weight excluding hydrogens is 290 g/mol. The zero-order valence-corrected chi connectivity index (χ0v) is 12.3. The maximum Gasteiger partial charge on any atom is 0.408 e. The van der Waals surface area contributed by atoms with E-state index in [9.17, 15) is 9.59 Å². The van der Waals surface area contributed by atoms with Gasteiger partial charge in [-0.05, 0) is 17.0 Å². The second-order valence-electron chi connectivity index (χ2n) is 4.18. The van der Waals surface area contributed by atoms with Crippen LogP contribution in [-0.4, -0.2) is 19.2 Å². The number of carbonyl (C=O) groups excluding carboxylic acids is 2. The fourth-order valence-electron chi connectivity index (χ4n) is 1.70. The van der Waals surface area contributed by atoms with Crippen molar-refractivity contribution in [2.45, 2.75) is 12.6 Å². The molecule has 2 aromatic rings. The lowest BCUT2D eigenvalue weighted by Gasteiger charge is -2.15. The van der Waals surface area contributed by atoms with Gasteiger partial charge in [-0.2, -0.15) is 0 Å². The number of esters is 1. The standard InChI is InChI=1S/C15H15NO4S/c1-19-14(17)13(12-8-5-9-21-12)16-15(18)20-10-11-6-3-2-4-7-11/h2-9,13H,10H2,1H3,(H,16,18). The molecule has 0 aliphatic carbocycles. The van der Waals surface area contributed by atoms with Crippen LogP contribution in [0.3, 0.4) is 0 Å². The van der Waals surface area contributed by atoms with Crippen LogP contribution in [0.2, 0.25) is 0 Å². The molecule has 0 saturated carbocycles. The molecule has 110 valence electrons. The molecule has 1 heterocycles. The highest BCUT2D eigenvalue weighted by Gasteiger charge is 2.25. The van der Waals surface area contributed by atoms with Gasteiger partial charge in [0.1, 0.15) is 6.61 Å². The number of carbonyl (C=O) groups is 2. The van der Waals surface area contributed by atoms with Crippen molar-refractivity contribution >= 4 is 23.4 Å². The van der Waals surface area contributed by atoms with Crippen molar-refractivity contribution in [3.63, 3.8) is 0 Å². The van der Waals surface area contributed by atoms with Gasteiger partial charge in [-0.15, -0.1) is 11.3 Å². The van der Waals surface area contributed by atoms with E-state index in [0.717, 1.165) is 5.56 Å². The first-order valence-corrected chi connectivity index (χ1v) is 7.17. The average molecular weight is 305 g/mol. The molecule has 5 nitrogen and oxygen atoms in total. The van der Waals surface area contributed by atoms with E-state index in [1.165, 1.54) is 18.4 Å². The number of hydrogen-bond acceptors (Lipinski definition) is 5. The van der Waals surface area contributed by atoms with E-state index < -0.39 is 18.1 Å². The Morgan fingerprint density at radius 2 is 1.95 bits per heavy atom. The third-order valence-corrected chi connectivity index (χ3v) is 3.68. The van der Waals surface area contributed by atoms with Crippen molar-refractivity contribution < 1.29 is 19.1 Å². The van der Waals surface area contributed by atoms with Gasteiger partial charge in [0.15, 0.2) is 6.04 Å². The lowest BCUT2D eigenvalue weighted by Crippen LogP contribution is -2.34. The summed E-state index contributed by atoms with van der Waals surface area (Å²) in [6, 6.07) is 12.0. The highest BCUT2D eigenvalue weighted by molar-refractivity contribution is 7.10. The zero-order chi connectivity index (χ0) is 15.1. The predicted molar refractivity (Wildman–Crippen MR) is 78.8 cm³/mol. The van der Waals surface area contributed by atoms with Crippen molar-refractivity contribution in [3.8, 4) is 0 Å². The highest BCUT2D eigenvalue weighted by Crippen LogP contribution is 2.20. The molecule has 0 aliphatic heterocycles. The molecule has 1 aromatic heterocycles. The number of thiophene rings is 1. The minimum Gasteiger partial charge on any atom is -0.467 e. The summed E-state index contributed by atoms with van der Waals surface area (Å²) < 4.78 is 9.80. The molecular formula is C15H15NO4S. The van der Waals surface area contributed by atoms with E-state index in [0.29, 0.717) is 4.88 Å². The Bertz CT molecular complexity index is 583. The van der Waals surface area contributed by atoms with Crippen LogP contribution in [0.5, 0.6) is 0 Å². The molecule has 1 N–H and O–H groups in total. The third-order valence-electron chi connectivity index (χ3n) is 2.74. The van der Waals surface area contributed by atoms with Crippen LogP contribution in [0.25, 0.3) is 0 Å². The molecule has 0 bridgehead atoms. The highest BCUT2D eigenvalue weighted by atomic mass is 32.1. The molecule has 6 heteroatoms. The molecule has 2 rings (SSSR count). The second kappa shape index (κ2) is 7.44. The van der Waals surface area contributed by atoms with Gasteiger partial charge in [0.05, 0.1) is 7.11 Å². The molecule has 1 aromatic carbocycles. The normalized spacial score (nSPS) is 11.5. The summed E-state index contributed by atoms with van der Waals surface area (Å²) in [5, 5.41) is 4.34. The monoisotopic (exact) mass is 305 g/mol. The maximum atomic E-state index is 11.8. The maximum absolute atomic E-state index is 11.8. The first-order chi connectivity index (χ1) is 10.2. The van der Waals surface area contributed by atoms with Crippen LogP contribution in [0, 0.1) is 0 Å². The first-order valence-electron chi connectivity index (χ1n) is 6.29. The lowest BCUT2D eigenvalue weighted by atomic mass is 10.2. The SMILES string of the molecule is COC(=O)C(NC(=O)OCc1ccccc1)c1cccs1. The van der Waals surface area contributed by atoms with Crippen LogP contribution in [0.4, 0.5) is 4.79 Å². The number of alkyl carbamates (subject to hydrolysis) is 1. The summed E-state index contributed by atoms with van der Waals surface area (Å²) in [7, 11) is 1.28. The second-order valence-corrected chi connectivity index (χ2v) is 5.16. The Balaban J connectivity index is 1.94. The van der Waals surface area contributed by atoms with Gasteiger partial charge < -0.3 is 14.8 Å². The van der Waals surface area contributed by atoms with Crippen molar-refractivity contribution in [3.05, 3.63) is 58.3 Å². The summed E-state index contributed by atoms with van der Waals surface area (Å²) in [5.74, 6) is -0.533. The van der Waals surface area contributed by atoms with Crippen LogP contribution in [0.1, 0.15) is 16.5 Å². The number of ether oxygens (including phenoxy) is 2. The number of nitrogens with one attached hydrogen (secondary N) is 1. The van der Waals surface area contributed by atoms with E-state index in [4.69, 9.17) is 9.47 Å². The smallest absolute Gasteiger partial charge is 0.408 e. The Morgan fingerprint density at radius 3 is 2.57 bits per heavy atom. The summed E-state index contributed by atoms with van der Waals surface area (Å²) in [6.45, 7) is 0.144. The van der Waals surface area contributed by atoms with Crippen LogP contribution >= 0.6 is 11.3 Å². The van der Waals surface area contributed by atoms with Crippen LogP contribution < -0.4 is 5.32 Å². The van der Waals surface area contributed by atoms with Crippen LogP contribution in [0.15, 0.2) is 47.8 Å². The van der Waals surface area contributed by atoms with Gasteiger partial charge >= 0.3 is 12.1 Å². The number of rotatable bonds is 5. The van der Waals surface area contributed by atoms with Gasteiger partial charge in [0.25, 0.3) is 0 Å². The molecule has 1 atom stereocenters. The molecule has 21 heavy (non-hydrogen) atoms. The fourth-order valence-corrected chi connectivity index (χ4v) is 2.46. The third kappa shape index (κ3) is 4.32. The Hall–Kier alpha value is -2.34. The largest absolute Gasteiger partial charge is 0.467 e. The summed E-state index contributed by atoms with van der Waals surface area (Å²) in [6.07, 6.45) is -0.664. The molecule has 0 saturated heterocycles. The molecule has 1 unspecified atom stereocenters. The van der Waals surface area contributed by atoms with Gasteiger partial charge in [0.2, 0.25) is 0 Å². The molecule has 0 aliphatic rings. The summed E-state index contributed by atoms with van der Waals surface area (Å²) in [4.78, 5) is 24.2. The predicted octanol–water partition coefficient (Wildman–Crippen LogP) is 2.89. The van der Waals surface area contributed by atoms with E-state index in [1.54, 1.807) is 12.1 Å². The number of methoxy groups -OCH3 is 1. The van der Waals surface area contributed by atoms with Crippen molar-refractivity contribution in [1.82, 2.24) is 5.32 Å². The topological polar surface area (TPSA) is 64.6 Å². The van der Waals surface area contributed by atoms with Gasteiger partial charge in [-0.1, -0.05) is 36.4 Å². The average Bonchev–Trinajstić information content (AvgIpc) is 3.05. The quantitative estimate of drug-likeness (QED) is 0.863. The van der Waals surface area contributed by atoms with Gasteiger partial charge in [-0.25, -0.2) is 9.59 Å². The molecule has 0 fully saturated rings. The van der Waals surface area contributed by atoms with E-state index in [2.05, 4.69) is 5.32 Å². The van der Waals surface area contributed by atoms with E-state index in [-0.39, 0.29) is 6.61 Å². The minimum atomic E-state index is -0.849. The van der Waals surface area contributed by atoms with Crippen LogP contribution in [-0.2, 0) is 20.9 Å². The number of amides is 1. The minimum absolute atomic E-state index is 0.144. The first kappa shape index (κ1) is 15.1. The molecule has 1 amide bonds. The van der Waals surface area contributed by atoms with Crippen molar-refractivity contribution in [2.75, 3.05) is 7.11 Å². The summed E-state index contributed by atoms with van der Waals surface area (Å²) >= 11 is 1.36. The van der Waals surface area contributed by atoms with E-state index in [1.807, 2.05) is 35.7 Å².